The summed E-state index contributed by atoms with van der Waals surface area (Å²) in [6.45, 7) is -0.739. The van der Waals surface area contributed by atoms with Gasteiger partial charge in [0.1, 0.15) is 19.2 Å². The number of amides is 3. The standard InChI is InChI=1S/C41H40N4O5/c46-37(28-44-41(33-20-10-3-11-21-33,34-22-12-4-13-23-34)35-24-14-5-15-25-35)42-27-38(47)45-36(26-31-16-6-1-7-17-31)40(49)43-29-39(48)50-30-32-18-8-2-9-19-32/h1-25,36,44H,26-30H2,(H,42,46)(H,43,49)(H,45,47)/t36-/m0/s1. The summed E-state index contributed by atoms with van der Waals surface area (Å²) in [6.07, 6.45) is 0.181. The SMILES string of the molecule is O=C(CNC(c1ccccc1)(c1ccccc1)c1ccccc1)NCC(=O)N[C@@H](Cc1ccccc1)C(=O)NCC(=O)OCc1ccccc1. The minimum Gasteiger partial charge on any atom is -0.460 e. The van der Waals surface area contributed by atoms with Crippen LogP contribution in [-0.4, -0.2) is 49.4 Å². The van der Waals surface area contributed by atoms with Gasteiger partial charge in [0.25, 0.3) is 0 Å². The molecule has 0 heterocycles. The predicted octanol–water partition coefficient (Wildman–Crippen LogP) is 4.27. The molecule has 5 rings (SSSR count). The monoisotopic (exact) mass is 668 g/mol. The van der Waals surface area contributed by atoms with Crippen molar-refractivity contribution in [2.24, 2.45) is 0 Å². The van der Waals surface area contributed by atoms with Crippen LogP contribution in [-0.2, 0) is 42.5 Å². The molecule has 50 heavy (non-hydrogen) atoms. The van der Waals surface area contributed by atoms with E-state index in [4.69, 9.17) is 4.74 Å². The van der Waals surface area contributed by atoms with E-state index in [1.54, 1.807) is 0 Å². The van der Waals surface area contributed by atoms with Crippen LogP contribution in [0.2, 0.25) is 0 Å². The smallest absolute Gasteiger partial charge is 0.325 e. The van der Waals surface area contributed by atoms with Gasteiger partial charge in [-0.3, -0.25) is 24.5 Å². The minimum atomic E-state index is -0.997. The highest BCUT2D eigenvalue weighted by molar-refractivity contribution is 5.91. The lowest BCUT2D eigenvalue weighted by Crippen LogP contribution is -2.52. The number of esters is 1. The number of ether oxygens (including phenoxy) is 1. The molecule has 5 aromatic carbocycles. The molecular formula is C41H40N4O5. The summed E-state index contributed by atoms with van der Waals surface area (Å²) in [5, 5.41) is 11.5. The van der Waals surface area contributed by atoms with Crippen molar-refractivity contribution in [1.82, 2.24) is 21.3 Å². The first-order chi connectivity index (χ1) is 24.4. The molecule has 5 aromatic rings. The van der Waals surface area contributed by atoms with Crippen molar-refractivity contribution in [2.45, 2.75) is 24.6 Å². The lowest BCUT2D eigenvalue weighted by atomic mass is 9.77. The number of hydrogen-bond acceptors (Lipinski definition) is 6. The second kappa shape index (κ2) is 17.9. The summed E-state index contributed by atoms with van der Waals surface area (Å²) in [5.41, 5.74) is 3.62. The summed E-state index contributed by atoms with van der Waals surface area (Å²) >= 11 is 0. The Hall–Kier alpha value is -6.06. The molecule has 1 atom stereocenters. The molecule has 254 valence electrons. The molecule has 0 bridgehead atoms. The van der Waals surface area contributed by atoms with Crippen LogP contribution < -0.4 is 21.3 Å². The fourth-order valence-electron chi connectivity index (χ4n) is 5.70. The maximum atomic E-state index is 13.3. The fourth-order valence-corrected chi connectivity index (χ4v) is 5.70. The molecule has 0 aliphatic rings. The van der Waals surface area contributed by atoms with Gasteiger partial charge in [0.2, 0.25) is 17.7 Å². The normalized spacial score (nSPS) is 11.5. The third-order valence-electron chi connectivity index (χ3n) is 8.16. The zero-order chi connectivity index (χ0) is 35.0. The quantitative estimate of drug-likeness (QED) is 0.0920. The highest BCUT2D eigenvalue weighted by Crippen LogP contribution is 2.36. The van der Waals surface area contributed by atoms with Crippen LogP contribution in [0.5, 0.6) is 0 Å². The second-order valence-electron chi connectivity index (χ2n) is 11.7. The van der Waals surface area contributed by atoms with Gasteiger partial charge in [-0.25, -0.2) is 0 Å². The summed E-state index contributed by atoms with van der Waals surface area (Å²) in [6, 6.07) is 47.1. The van der Waals surface area contributed by atoms with Gasteiger partial charge in [0, 0.05) is 6.42 Å². The van der Waals surface area contributed by atoms with Crippen molar-refractivity contribution in [2.75, 3.05) is 19.6 Å². The maximum Gasteiger partial charge on any atom is 0.325 e. The van der Waals surface area contributed by atoms with E-state index >= 15 is 0 Å². The Morgan fingerprint density at radius 3 is 1.48 bits per heavy atom. The number of hydrogen-bond donors (Lipinski definition) is 4. The van der Waals surface area contributed by atoms with Crippen molar-refractivity contribution in [1.29, 1.82) is 0 Å². The molecule has 0 spiro atoms. The van der Waals surface area contributed by atoms with Gasteiger partial charge in [-0.05, 0) is 27.8 Å². The van der Waals surface area contributed by atoms with E-state index in [9.17, 15) is 19.2 Å². The third-order valence-corrected chi connectivity index (χ3v) is 8.16. The third kappa shape index (κ3) is 9.74. The Kier molecular flexibility index (Phi) is 12.6. The molecule has 9 nitrogen and oxygen atoms in total. The van der Waals surface area contributed by atoms with Crippen LogP contribution in [0.4, 0.5) is 0 Å². The first-order valence-electron chi connectivity index (χ1n) is 16.4. The highest BCUT2D eigenvalue weighted by Gasteiger charge is 2.36. The number of carbonyl (C=O) groups is 4. The number of rotatable bonds is 16. The zero-order valence-corrected chi connectivity index (χ0v) is 27.6. The molecule has 0 saturated heterocycles. The molecule has 4 N–H and O–H groups in total. The molecular weight excluding hydrogens is 628 g/mol. The maximum absolute atomic E-state index is 13.3. The Bertz CT molecular complexity index is 1730. The summed E-state index contributed by atoms with van der Waals surface area (Å²) in [5.74, 6) is -2.12. The summed E-state index contributed by atoms with van der Waals surface area (Å²) < 4.78 is 5.26. The van der Waals surface area contributed by atoms with Crippen molar-refractivity contribution in [3.8, 4) is 0 Å². The van der Waals surface area contributed by atoms with Gasteiger partial charge < -0.3 is 20.7 Å². The lowest BCUT2D eigenvalue weighted by molar-refractivity contribution is -0.145. The molecule has 0 unspecified atom stereocenters. The first kappa shape index (κ1) is 35.3. The fraction of sp³-hybridized carbons (Fsp3) is 0.171. The van der Waals surface area contributed by atoms with E-state index in [0.717, 1.165) is 27.8 Å². The highest BCUT2D eigenvalue weighted by atomic mass is 16.5. The number of carbonyl (C=O) groups excluding carboxylic acids is 4. The summed E-state index contributed by atoms with van der Waals surface area (Å²) in [4.78, 5) is 51.9. The molecule has 0 saturated carbocycles. The van der Waals surface area contributed by atoms with Gasteiger partial charge >= 0.3 is 5.97 Å². The molecule has 0 fully saturated rings. The van der Waals surface area contributed by atoms with Crippen LogP contribution in [0.15, 0.2) is 152 Å². The molecule has 3 amide bonds. The Morgan fingerprint density at radius 2 is 0.980 bits per heavy atom. The second-order valence-corrected chi connectivity index (χ2v) is 11.7. The van der Waals surface area contributed by atoms with Gasteiger partial charge in [-0.15, -0.1) is 0 Å². The average molecular weight is 669 g/mol. The van der Waals surface area contributed by atoms with E-state index in [1.807, 2.05) is 152 Å². The molecule has 0 aliphatic heterocycles. The topological polar surface area (TPSA) is 126 Å². The van der Waals surface area contributed by atoms with Gasteiger partial charge in [-0.2, -0.15) is 0 Å². The van der Waals surface area contributed by atoms with E-state index in [2.05, 4.69) is 21.3 Å². The Morgan fingerprint density at radius 1 is 0.520 bits per heavy atom. The van der Waals surface area contributed by atoms with E-state index in [0.29, 0.717) is 0 Å². The van der Waals surface area contributed by atoms with E-state index in [-0.39, 0.29) is 32.7 Å². The Balaban J connectivity index is 1.21. The van der Waals surface area contributed by atoms with Crippen LogP contribution in [0, 0.1) is 0 Å². The van der Waals surface area contributed by atoms with Crippen molar-refractivity contribution in [3.05, 3.63) is 179 Å². The predicted molar refractivity (Wildman–Crippen MR) is 192 cm³/mol. The average Bonchev–Trinajstić information content (AvgIpc) is 3.17. The van der Waals surface area contributed by atoms with Gasteiger partial charge in [-0.1, -0.05) is 152 Å². The number of nitrogens with one attached hydrogen (secondary N) is 4. The van der Waals surface area contributed by atoms with Crippen molar-refractivity contribution in [3.63, 3.8) is 0 Å². The molecule has 9 heteroatoms. The molecule has 0 radical (unpaired) electrons. The lowest BCUT2D eigenvalue weighted by Gasteiger charge is -2.37. The Labute approximate surface area is 292 Å². The van der Waals surface area contributed by atoms with E-state index < -0.39 is 35.3 Å². The summed E-state index contributed by atoms with van der Waals surface area (Å²) in [7, 11) is 0. The van der Waals surface area contributed by atoms with E-state index in [1.165, 1.54) is 0 Å². The van der Waals surface area contributed by atoms with Crippen LogP contribution in [0.25, 0.3) is 0 Å². The number of benzene rings is 5. The largest absolute Gasteiger partial charge is 0.460 e. The zero-order valence-electron chi connectivity index (χ0n) is 27.6. The van der Waals surface area contributed by atoms with Crippen molar-refractivity contribution >= 4 is 23.7 Å². The van der Waals surface area contributed by atoms with Crippen LogP contribution in [0.1, 0.15) is 27.8 Å². The minimum absolute atomic E-state index is 0.0808. The molecule has 0 aliphatic carbocycles. The molecule has 0 aromatic heterocycles. The van der Waals surface area contributed by atoms with Gasteiger partial charge in [0.05, 0.1) is 18.6 Å². The van der Waals surface area contributed by atoms with Gasteiger partial charge in [0.15, 0.2) is 0 Å². The van der Waals surface area contributed by atoms with Crippen LogP contribution in [0.3, 0.4) is 0 Å². The van der Waals surface area contributed by atoms with Crippen LogP contribution >= 0.6 is 0 Å². The first-order valence-corrected chi connectivity index (χ1v) is 16.4. The van der Waals surface area contributed by atoms with Crippen molar-refractivity contribution < 1.29 is 23.9 Å².